The number of fused-ring (bicyclic) bond motifs is 1. The van der Waals surface area contributed by atoms with E-state index in [1.807, 2.05) is 6.07 Å². The van der Waals surface area contributed by atoms with Crippen molar-refractivity contribution < 1.29 is 4.74 Å². The third kappa shape index (κ3) is 1.70. The molecule has 0 N–H and O–H groups in total. The van der Waals surface area contributed by atoms with Crippen LogP contribution in [0.5, 0.6) is 0 Å². The maximum Gasteiger partial charge on any atom is 0.0595 e. The summed E-state index contributed by atoms with van der Waals surface area (Å²) in [5.41, 5.74) is 1.95. The van der Waals surface area contributed by atoms with Gasteiger partial charge in [-0.15, -0.1) is 0 Å². The Kier molecular flexibility index (Phi) is 2.69. The monoisotopic (exact) mass is 297 g/mol. The van der Waals surface area contributed by atoms with Crippen LogP contribution < -0.4 is 0 Å². The fourth-order valence-corrected chi connectivity index (χ4v) is 4.48. The quantitative estimate of drug-likeness (QED) is 0.788. The van der Waals surface area contributed by atoms with Gasteiger partial charge in [0, 0.05) is 23.9 Å². The molecule has 1 saturated carbocycles. The van der Waals surface area contributed by atoms with Gasteiger partial charge in [0.25, 0.3) is 0 Å². The zero-order valence-corrected chi connectivity index (χ0v) is 12.3. The molecule has 0 aromatic heterocycles. The Morgan fingerprint density at radius 1 is 1.16 bits per heavy atom. The molecule has 4 heteroatoms. The first-order chi connectivity index (χ1) is 9.15. The Balaban J connectivity index is 1.73. The maximum atomic E-state index is 6.20. The van der Waals surface area contributed by atoms with Gasteiger partial charge in [-0.25, -0.2) is 0 Å². The molecule has 1 aliphatic carbocycles. The van der Waals surface area contributed by atoms with Crippen LogP contribution in [0.2, 0.25) is 10.0 Å². The van der Waals surface area contributed by atoms with Crippen LogP contribution in [0.4, 0.5) is 0 Å². The Morgan fingerprint density at radius 3 is 2.89 bits per heavy atom. The maximum absolute atomic E-state index is 6.20. The smallest absolute Gasteiger partial charge is 0.0595 e. The van der Waals surface area contributed by atoms with Crippen molar-refractivity contribution in [3.05, 3.63) is 33.8 Å². The van der Waals surface area contributed by atoms with Crippen molar-refractivity contribution in [1.29, 1.82) is 0 Å². The van der Waals surface area contributed by atoms with E-state index in [1.165, 1.54) is 31.5 Å². The Hall–Kier alpha value is -0.280. The van der Waals surface area contributed by atoms with E-state index in [2.05, 4.69) is 17.0 Å². The highest BCUT2D eigenvalue weighted by molar-refractivity contribution is 6.42. The van der Waals surface area contributed by atoms with Crippen LogP contribution in [0.15, 0.2) is 18.2 Å². The fraction of sp³-hybridized carbons (Fsp3) is 0.600. The van der Waals surface area contributed by atoms with E-state index in [1.54, 1.807) is 0 Å². The lowest BCUT2D eigenvalue weighted by Gasteiger charge is -2.35. The van der Waals surface area contributed by atoms with Crippen molar-refractivity contribution in [1.82, 2.24) is 4.90 Å². The summed E-state index contributed by atoms with van der Waals surface area (Å²) >= 11 is 12.2. The lowest BCUT2D eigenvalue weighted by molar-refractivity contribution is 0.102. The summed E-state index contributed by atoms with van der Waals surface area (Å²) in [5, 5.41) is 1.32. The van der Waals surface area contributed by atoms with E-state index in [9.17, 15) is 0 Å². The largest absolute Gasteiger partial charge is 0.379 e. The van der Waals surface area contributed by atoms with Crippen molar-refractivity contribution in [2.75, 3.05) is 32.8 Å². The molecule has 1 unspecified atom stereocenters. The summed E-state index contributed by atoms with van der Waals surface area (Å²) < 4.78 is 5.85. The standard InChI is InChI=1S/C15H17Cl2NO/c16-12-2-1-11(7-13(12)17)15-3-4-18-5-6-19-10-14(15,8-15)9-18/h1-2,7H,3-6,8-10H2/t14-,15-/m1/s1. The highest BCUT2D eigenvalue weighted by atomic mass is 35.5. The molecule has 1 aromatic carbocycles. The second-order valence-electron chi connectivity index (χ2n) is 6.25. The van der Waals surface area contributed by atoms with Crippen molar-refractivity contribution >= 4 is 23.2 Å². The number of rotatable bonds is 1. The molecule has 19 heavy (non-hydrogen) atoms. The average molecular weight is 298 g/mol. The van der Waals surface area contributed by atoms with E-state index in [-0.39, 0.29) is 5.41 Å². The average Bonchev–Trinajstić information content (AvgIpc) is 3.11. The predicted octanol–water partition coefficient (Wildman–Crippen LogP) is 3.36. The van der Waals surface area contributed by atoms with Gasteiger partial charge in [0.05, 0.1) is 23.3 Å². The molecule has 2 heterocycles. The zero-order chi connectivity index (χ0) is 13.1. The van der Waals surface area contributed by atoms with E-state index >= 15 is 0 Å². The molecule has 102 valence electrons. The molecule has 0 radical (unpaired) electrons. The molecule has 2 saturated heterocycles. The minimum absolute atomic E-state index is 0.280. The van der Waals surface area contributed by atoms with Gasteiger partial charge >= 0.3 is 0 Å². The molecular formula is C15H17Cl2NO. The highest BCUT2D eigenvalue weighted by Crippen LogP contribution is 2.69. The second-order valence-corrected chi connectivity index (χ2v) is 7.06. The van der Waals surface area contributed by atoms with Crippen LogP contribution in [0.3, 0.4) is 0 Å². The highest BCUT2D eigenvalue weighted by Gasteiger charge is 2.70. The molecule has 3 aliphatic rings. The van der Waals surface area contributed by atoms with Crippen LogP contribution in [0.25, 0.3) is 0 Å². The summed E-state index contributed by atoms with van der Waals surface area (Å²) in [7, 11) is 0. The summed E-state index contributed by atoms with van der Waals surface area (Å²) in [6.45, 7) is 5.20. The number of hydrogen-bond donors (Lipinski definition) is 0. The van der Waals surface area contributed by atoms with Gasteiger partial charge in [0.2, 0.25) is 0 Å². The summed E-state index contributed by atoms with van der Waals surface area (Å²) in [4.78, 5) is 2.55. The van der Waals surface area contributed by atoms with Gasteiger partial charge in [0.1, 0.15) is 0 Å². The molecule has 1 aromatic rings. The predicted molar refractivity (Wildman–Crippen MR) is 77.1 cm³/mol. The second kappa shape index (κ2) is 4.11. The molecule has 1 spiro atoms. The van der Waals surface area contributed by atoms with Crippen LogP contribution in [0.1, 0.15) is 18.4 Å². The number of benzene rings is 1. The Labute approximate surface area is 123 Å². The summed E-state index contributed by atoms with van der Waals surface area (Å²) in [6.07, 6.45) is 2.45. The molecule has 2 nitrogen and oxygen atoms in total. The summed E-state index contributed by atoms with van der Waals surface area (Å²) in [6, 6.07) is 6.16. The SMILES string of the molecule is Clc1ccc([C@]23CCN4CCOC[C@]2(C4)C3)cc1Cl. The molecule has 4 rings (SSSR count). The van der Waals surface area contributed by atoms with Gasteiger partial charge in [-0.2, -0.15) is 0 Å². The third-order valence-electron chi connectivity index (χ3n) is 5.31. The van der Waals surface area contributed by atoms with E-state index in [4.69, 9.17) is 27.9 Å². The van der Waals surface area contributed by atoms with Gasteiger partial charge in [-0.1, -0.05) is 29.3 Å². The fourth-order valence-electron chi connectivity index (χ4n) is 4.18. The normalized spacial score (nSPS) is 40.4. The first-order valence-corrected chi connectivity index (χ1v) is 7.67. The molecular weight excluding hydrogens is 281 g/mol. The topological polar surface area (TPSA) is 12.5 Å². The van der Waals surface area contributed by atoms with Crippen molar-refractivity contribution in [2.24, 2.45) is 5.41 Å². The van der Waals surface area contributed by atoms with Gasteiger partial charge < -0.3 is 9.64 Å². The van der Waals surface area contributed by atoms with E-state index in [0.29, 0.717) is 15.5 Å². The third-order valence-corrected chi connectivity index (χ3v) is 6.05. The lowest BCUT2D eigenvalue weighted by atomic mass is 9.81. The Morgan fingerprint density at radius 2 is 2.05 bits per heavy atom. The number of hydrogen-bond acceptors (Lipinski definition) is 2. The Bertz CT molecular complexity index is 531. The van der Waals surface area contributed by atoms with Crippen molar-refractivity contribution in [2.45, 2.75) is 18.3 Å². The van der Waals surface area contributed by atoms with Crippen LogP contribution in [-0.4, -0.2) is 37.7 Å². The minimum atomic E-state index is 0.280. The van der Waals surface area contributed by atoms with Crippen LogP contribution in [-0.2, 0) is 10.2 Å². The van der Waals surface area contributed by atoms with Gasteiger partial charge in [-0.05, 0) is 37.1 Å². The first-order valence-electron chi connectivity index (χ1n) is 6.91. The number of nitrogens with zero attached hydrogens (tertiary/aromatic N) is 1. The van der Waals surface area contributed by atoms with Crippen molar-refractivity contribution in [3.63, 3.8) is 0 Å². The van der Waals surface area contributed by atoms with Crippen molar-refractivity contribution in [3.8, 4) is 0 Å². The minimum Gasteiger partial charge on any atom is -0.379 e. The molecule has 3 fully saturated rings. The van der Waals surface area contributed by atoms with E-state index in [0.717, 1.165) is 19.8 Å². The lowest BCUT2D eigenvalue weighted by Crippen LogP contribution is -2.42. The summed E-state index contributed by atoms with van der Waals surface area (Å²) in [5.74, 6) is 0. The van der Waals surface area contributed by atoms with Crippen LogP contribution >= 0.6 is 23.2 Å². The molecule has 3 atom stereocenters. The van der Waals surface area contributed by atoms with Gasteiger partial charge in [-0.3, -0.25) is 0 Å². The van der Waals surface area contributed by atoms with Crippen LogP contribution in [0, 0.1) is 5.41 Å². The van der Waals surface area contributed by atoms with E-state index < -0.39 is 0 Å². The molecule has 2 bridgehead atoms. The zero-order valence-electron chi connectivity index (χ0n) is 10.8. The number of halogens is 2. The molecule has 0 amide bonds. The number of piperidine rings is 1. The first kappa shape index (κ1) is 12.5. The number of ether oxygens (including phenoxy) is 1. The molecule has 2 aliphatic heterocycles. The van der Waals surface area contributed by atoms with Gasteiger partial charge in [0.15, 0.2) is 0 Å².